The first-order chi connectivity index (χ1) is 21.7. The molecule has 0 radical (unpaired) electrons. The van der Waals surface area contributed by atoms with Crippen LogP contribution in [0.1, 0.15) is 34.8 Å². The van der Waals surface area contributed by atoms with Crippen LogP contribution in [0.15, 0.2) is 102 Å². The molecule has 0 bridgehead atoms. The minimum atomic E-state index is -0.530. The van der Waals surface area contributed by atoms with E-state index < -0.39 is 11.8 Å². The van der Waals surface area contributed by atoms with Crippen molar-refractivity contribution >= 4 is 58.5 Å². The molecule has 45 heavy (non-hydrogen) atoms. The molecule has 0 saturated heterocycles. The average molecular weight is 644 g/mol. The van der Waals surface area contributed by atoms with Crippen LogP contribution in [0.5, 0.6) is 11.5 Å². The van der Waals surface area contributed by atoms with E-state index in [1.165, 1.54) is 26.0 Å². The van der Waals surface area contributed by atoms with Gasteiger partial charge in [0, 0.05) is 26.9 Å². The van der Waals surface area contributed by atoms with Gasteiger partial charge in [0.05, 0.1) is 19.5 Å². The number of ether oxygens (including phenoxy) is 2. The monoisotopic (exact) mass is 643 g/mol. The molecule has 8 nitrogen and oxygen atoms in total. The van der Waals surface area contributed by atoms with E-state index in [0.29, 0.717) is 45.4 Å². The van der Waals surface area contributed by atoms with Crippen LogP contribution in [0, 0.1) is 6.92 Å². The summed E-state index contributed by atoms with van der Waals surface area (Å²) in [5.41, 5.74) is 3.11. The molecule has 0 heterocycles. The fourth-order valence-electron chi connectivity index (χ4n) is 4.33. The molecule has 0 spiro atoms. The fourth-order valence-corrected chi connectivity index (χ4v) is 5.51. The number of thioether (sulfide) groups is 1. The number of methoxy groups -OCH3 is 2. The summed E-state index contributed by atoms with van der Waals surface area (Å²) in [7, 11) is 3.06. The number of carbonyl (C=O) groups excluding carboxylic acids is 3. The summed E-state index contributed by atoms with van der Waals surface area (Å²) >= 11 is 7.51. The lowest BCUT2D eigenvalue weighted by atomic mass is 10.1. The Kier molecular flexibility index (Phi) is 11.7. The summed E-state index contributed by atoms with van der Waals surface area (Å²) in [6.45, 7) is 3.84. The number of hydrogen-bond acceptors (Lipinski definition) is 6. The third kappa shape index (κ3) is 9.14. The van der Waals surface area contributed by atoms with E-state index in [0.717, 1.165) is 10.5 Å². The average Bonchev–Trinajstić information content (AvgIpc) is 3.05. The largest absolute Gasteiger partial charge is 0.493 e. The van der Waals surface area contributed by atoms with Crippen molar-refractivity contribution in [2.24, 2.45) is 0 Å². The lowest BCUT2D eigenvalue weighted by molar-refractivity contribution is -0.116. The second-order valence-electron chi connectivity index (χ2n) is 9.94. The van der Waals surface area contributed by atoms with Crippen molar-refractivity contribution in [3.8, 4) is 11.5 Å². The van der Waals surface area contributed by atoms with E-state index in [1.54, 1.807) is 84.9 Å². The molecule has 4 rings (SSSR count). The predicted octanol–water partition coefficient (Wildman–Crippen LogP) is 7.58. The Labute approximate surface area is 272 Å². The van der Waals surface area contributed by atoms with Crippen LogP contribution in [0.2, 0.25) is 5.02 Å². The summed E-state index contributed by atoms with van der Waals surface area (Å²) in [5.74, 6) is -0.104. The van der Waals surface area contributed by atoms with E-state index in [4.69, 9.17) is 21.1 Å². The van der Waals surface area contributed by atoms with Gasteiger partial charge >= 0.3 is 0 Å². The molecule has 1 unspecified atom stereocenters. The maximum Gasteiger partial charge on any atom is 0.272 e. The first-order valence-corrected chi connectivity index (χ1v) is 15.4. The van der Waals surface area contributed by atoms with Gasteiger partial charge in [-0.15, -0.1) is 11.8 Å². The summed E-state index contributed by atoms with van der Waals surface area (Å²) in [6, 6.07) is 26.4. The quantitative estimate of drug-likeness (QED) is 0.109. The lowest BCUT2D eigenvalue weighted by Gasteiger charge is -2.17. The lowest BCUT2D eigenvalue weighted by Crippen LogP contribution is -2.30. The Balaban J connectivity index is 1.54. The zero-order valence-electron chi connectivity index (χ0n) is 25.3. The molecule has 0 aromatic heterocycles. The van der Waals surface area contributed by atoms with Gasteiger partial charge in [-0.1, -0.05) is 54.9 Å². The molecule has 232 valence electrons. The molecule has 1 atom stereocenters. The molecular formula is C35H34ClN3O5S. The van der Waals surface area contributed by atoms with Gasteiger partial charge in [-0.05, 0) is 85.1 Å². The number of benzene rings is 4. The summed E-state index contributed by atoms with van der Waals surface area (Å²) in [5, 5.41) is 8.75. The van der Waals surface area contributed by atoms with Crippen molar-refractivity contribution in [1.29, 1.82) is 0 Å². The van der Waals surface area contributed by atoms with Gasteiger partial charge in [-0.25, -0.2) is 0 Å². The van der Waals surface area contributed by atoms with Crippen LogP contribution in [0.25, 0.3) is 6.08 Å². The second kappa shape index (κ2) is 15.8. The molecule has 0 aliphatic rings. The molecule has 0 aliphatic heterocycles. The number of aryl methyl sites for hydroxylation is 1. The van der Waals surface area contributed by atoms with Gasteiger partial charge in [0.15, 0.2) is 11.5 Å². The minimum absolute atomic E-state index is 0.0248. The van der Waals surface area contributed by atoms with Gasteiger partial charge < -0.3 is 25.4 Å². The van der Waals surface area contributed by atoms with Crippen molar-refractivity contribution in [1.82, 2.24) is 5.32 Å². The van der Waals surface area contributed by atoms with Crippen LogP contribution in [0.3, 0.4) is 0 Å². The van der Waals surface area contributed by atoms with E-state index >= 15 is 0 Å². The van der Waals surface area contributed by atoms with E-state index in [-0.39, 0.29) is 16.9 Å². The fraction of sp³-hybridized carbons (Fsp3) is 0.171. The maximum absolute atomic E-state index is 13.6. The zero-order chi connectivity index (χ0) is 32.3. The Hall–Kier alpha value is -4.73. The highest BCUT2D eigenvalue weighted by Gasteiger charge is 2.20. The molecule has 0 saturated carbocycles. The van der Waals surface area contributed by atoms with Crippen LogP contribution >= 0.6 is 23.4 Å². The Bertz CT molecular complexity index is 1710. The van der Waals surface area contributed by atoms with E-state index in [2.05, 4.69) is 16.0 Å². The van der Waals surface area contributed by atoms with Gasteiger partial charge in [-0.2, -0.15) is 0 Å². The number of nitrogens with one attached hydrogen (secondary N) is 3. The Morgan fingerprint density at radius 1 is 0.867 bits per heavy atom. The van der Waals surface area contributed by atoms with Gasteiger partial charge in [-0.3, -0.25) is 14.4 Å². The topological polar surface area (TPSA) is 106 Å². The van der Waals surface area contributed by atoms with Crippen LogP contribution < -0.4 is 25.4 Å². The van der Waals surface area contributed by atoms with Crippen molar-refractivity contribution in [3.05, 3.63) is 118 Å². The van der Waals surface area contributed by atoms with Gasteiger partial charge in [0.2, 0.25) is 5.91 Å². The molecular weight excluding hydrogens is 610 g/mol. The molecule has 3 N–H and O–H groups in total. The first kappa shape index (κ1) is 33.2. The number of halogens is 1. The van der Waals surface area contributed by atoms with Gasteiger partial charge in [0.25, 0.3) is 11.8 Å². The third-order valence-electron chi connectivity index (χ3n) is 6.74. The van der Waals surface area contributed by atoms with Crippen molar-refractivity contribution in [2.45, 2.75) is 30.4 Å². The predicted molar refractivity (Wildman–Crippen MR) is 181 cm³/mol. The Morgan fingerprint density at radius 2 is 1.62 bits per heavy atom. The number of amides is 3. The van der Waals surface area contributed by atoms with Crippen molar-refractivity contribution in [3.63, 3.8) is 0 Å². The van der Waals surface area contributed by atoms with Crippen molar-refractivity contribution < 1.29 is 23.9 Å². The highest BCUT2D eigenvalue weighted by Crippen LogP contribution is 2.31. The zero-order valence-corrected chi connectivity index (χ0v) is 26.9. The highest BCUT2D eigenvalue weighted by molar-refractivity contribution is 8.00. The number of hydrogen-bond donors (Lipinski definition) is 3. The van der Waals surface area contributed by atoms with E-state index in [1.807, 2.05) is 26.0 Å². The SMILES string of the molecule is CCC(Sc1cccc(NC(=O)/C(=C\c2ccc(OC)c(OC)c2)NC(=O)c2ccccc2)c1)C(=O)Nc1cc(Cl)ccc1C. The molecule has 4 aromatic rings. The summed E-state index contributed by atoms with van der Waals surface area (Å²) in [4.78, 5) is 40.6. The number of rotatable bonds is 12. The molecule has 0 aliphatic carbocycles. The third-order valence-corrected chi connectivity index (χ3v) is 8.33. The normalized spacial score (nSPS) is 11.7. The highest BCUT2D eigenvalue weighted by atomic mass is 35.5. The molecule has 4 aromatic carbocycles. The van der Waals surface area contributed by atoms with Crippen molar-refractivity contribution in [2.75, 3.05) is 24.9 Å². The Morgan fingerprint density at radius 3 is 2.33 bits per heavy atom. The summed E-state index contributed by atoms with van der Waals surface area (Å²) < 4.78 is 10.7. The maximum atomic E-state index is 13.6. The standard InChI is InChI=1S/C35H34ClN3O5S/c1-5-32(35(42)38-28-20-25(36)16-14-22(28)2)45-27-13-9-12-26(21-27)37-34(41)29(39-33(40)24-10-7-6-8-11-24)18-23-15-17-30(43-3)31(19-23)44-4/h6-21,32H,5H2,1-4H3,(H,37,41)(H,38,42)(H,39,40)/b29-18+. The minimum Gasteiger partial charge on any atom is -0.493 e. The smallest absolute Gasteiger partial charge is 0.272 e. The molecule has 3 amide bonds. The van der Waals surface area contributed by atoms with E-state index in [9.17, 15) is 14.4 Å². The molecule has 0 fully saturated rings. The number of anilines is 2. The summed E-state index contributed by atoms with van der Waals surface area (Å²) in [6.07, 6.45) is 2.14. The van der Waals surface area contributed by atoms with Gasteiger partial charge in [0.1, 0.15) is 5.70 Å². The molecule has 10 heteroatoms. The van der Waals surface area contributed by atoms with Crippen LogP contribution in [0.4, 0.5) is 11.4 Å². The number of carbonyl (C=O) groups is 3. The van der Waals surface area contributed by atoms with Crippen LogP contribution in [-0.4, -0.2) is 37.2 Å². The first-order valence-electron chi connectivity index (χ1n) is 14.2. The second-order valence-corrected chi connectivity index (χ2v) is 11.7. The van der Waals surface area contributed by atoms with Crippen LogP contribution in [-0.2, 0) is 9.59 Å².